The Morgan fingerprint density at radius 1 is 1.46 bits per heavy atom. The standard InChI is InChI=1S/C9H8BrNO2/c10-9(11(12)13)7-6-8-4-2-1-3-5-8/h1-5,7H,6H2. The van der Waals surface area contributed by atoms with Crippen molar-refractivity contribution in [1.82, 2.24) is 0 Å². The third kappa shape index (κ3) is 3.38. The smallest absolute Gasteiger partial charge is 0.258 e. The lowest BCUT2D eigenvalue weighted by Gasteiger charge is -1.93. The Hall–Kier alpha value is -1.16. The summed E-state index contributed by atoms with van der Waals surface area (Å²) >= 11 is 2.86. The predicted octanol–water partition coefficient (Wildman–Crippen LogP) is 2.74. The first-order valence-corrected chi connectivity index (χ1v) is 4.53. The van der Waals surface area contributed by atoms with Gasteiger partial charge in [-0.3, -0.25) is 10.1 Å². The Bertz CT molecular complexity index is 322. The average molecular weight is 242 g/mol. The Kier molecular flexibility index (Phi) is 3.64. The minimum atomic E-state index is -0.455. The zero-order valence-electron chi connectivity index (χ0n) is 6.81. The summed E-state index contributed by atoms with van der Waals surface area (Å²) in [6, 6.07) is 9.58. The van der Waals surface area contributed by atoms with Crippen LogP contribution in [0.25, 0.3) is 0 Å². The van der Waals surface area contributed by atoms with Gasteiger partial charge in [0.05, 0.1) is 4.92 Å². The van der Waals surface area contributed by atoms with Crippen LogP contribution in [-0.2, 0) is 6.42 Å². The molecule has 1 aromatic carbocycles. The van der Waals surface area contributed by atoms with Crippen molar-refractivity contribution in [3.63, 3.8) is 0 Å². The van der Waals surface area contributed by atoms with Crippen LogP contribution >= 0.6 is 15.9 Å². The van der Waals surface area contributed by atoms with Gasteiger partial charge in [0.15, 0.2) is 0 Å². The summed E-state index contributed by atoms with van der Waals surface area (Å²) in [6.07, 6.45) is 2.11. The van der Waals surface area contributed by atoms with Crippen LogP contribution in [0.15, 0.2) is 41.0 Å². The van der Waals surface area contributed by atoms with Gasteiger partial charge in [0.25, 0.3) is 0 Å². The van der Waals surface area contributed by atoms with E-state index in [0.717, 1.165) is 5.56 Å². The summed E-state index contributed by atoms with van der Waals surface area (Å²) in [7, 11) is 0. The molecule has 4 heteroatoms. The molecule has 0 saturated heterocycles. The van der Waals surface area contributed by atoms with Crippen molar-refractivity contribution in [2.24, 2.45) is 0 Å². The minimum absolute atomic E-state index is 0.0105. The second-order valence-corrected chi connectivity index (χ2v) is 3.29. The molecule has 0 radical (unpaired) electrons. The number of nitro groups is 1. The largest absolute Gasteiger partial charge is 0.307 e. The van der Waals surface area contributed by atoms with Gasteiger partial charge in [0.2, 0.25) is 0 Å². The first-order valence-electron chi connectivity index (χ1n) is 3.74. The summed E-state index contributed by atoms with van der Waals surface area (Å²) < 4.78 is 0.0105. The summed E-state index contributed by atoms with van der Waals surface area (Å²) in [5.74, 6) is 0. The quantitative estimate of drug-likeness (QED) is 0.464. The topological polar surface area (TPSA) is 43.1 Å². The van der Waals surface area contributed by atoms with E-state index >= 15 is 0 Å². The van der Waals surface area contributed by atoms with Crippen molar-refractivity contribution in [1.29, 1.82) is 0 Å². The molecule has 3 nitrogen and oxygen atoms in total. The van der Waals surface area contributed by atoms with Crippen LogP contribution < -0.4 is 0 Å². The highest BCUT2D eigenvalue weighted by Gasteiger charge is 2.02. The highest BCUT2D eigenvalue weighted by molar-refractivity contribution is 9.11. The van der Waals surface area contributed by atoms with Crippen molar-refractivity contribution < 1.29 is 4.92 Å². The van der Waals surface area contributed by atoms with Gasteiger partial charge in [-0.1, -0.05) is 30.3 Å². The Morgan fingerprint density at radius 3 is 2.62 bits per heavy atom. The molecule has 0 atom stereocenters. The lowest BCUT2D eigenvalue weighted by molar-refractivity contribution is -0.409. The molecule has 0 bridgehead atoms. The van der Waals surface area contributed by atoms with Crippen LogP contribution in [-0.4, -0.2) is 4.92 Å². The van der Waals surface area contributed by atoms with E-state index in [1.165, 1.54) is 6.08 Å². The fourth-order valence-corrected chi connectivity index (χ4v) is 1.05. The Morgan fingerprint density at radius 2 is 2.08 bits per heavy atom. The molecule has 0 spiro atoms. The molecule has 0 aromatic heterocycles. The minimum Gasteiger partial charge on any atom is -0.258 e. The van der Waals surface area contributed by atoms with E-state index in [-0.39, 0.29) is 4.61 Å². The third-order valence-electron chi connectivity index (χ3n) is 1.52. The average Bonchev–Trinajstić information content (AvgIpc) is 2.15. The molecule has 0 aliphatic carbocycles. The van der Waals surface area contributed by atoms with E-state index in [0.29, 0.717) is 6.42 Å². The van der Waals surface area contributed by atoms with E-state index in [1.807, 2.05) is 30.3 Å². The maximum absolute atomic E-state index is 10.2. The molecule has 0 saturated carbocycles. The number of hydrogen-bond donors (Lipinski definition) is 0. The van der Waals surface area contributed by atoms with Crippen LogP contribution in [0.3, 0.4) is 0 Å². The number of halogens is 1. The fourth-order valence-electron chi connectivity index (χ4n) is 0.891. The predicted molar refractivity (Wildman–Crippen MR) is 54.2 cm³/mol. The molecular weight excluding hydrogens is 234 g/mol. The lowest BCUT2D eigenvalue weighted by atomic mass is 10.1. The molecule has 68 valence electrons. The monoisotopic (exact) mass is 241 g/mol. The third-order valence-corrected chi connectivity index (χ3v) is 2.14. The van der Waals surface area contributed by atoms with Gasteiger partial charge in [-0.15, -0.1) is 0 Å². The molecule has 0 heterocycles. The Labute approximate surface area is 84.4 Å². The van der Waals surface area contributed by atoms with Gasteiger partial charge in [-0.25, -0.2) is 0 Å². The van der Waals surface area contributed by atoms with Gasteiger partial charge in [-0.2, -0.15) is 0 Å². The maximum Gasteiger partial charge on any atom is 0.307 e. The number of benzene rings is 1. The normalized spacial score (nSPS) is 11.3. The van der Waals surface area contributed by atoms with E-state index in [9.17, 15) is 10.1 Å². The zero-order valence-corrected chi connectivity index (χ0v) is 8.40. The molecule has 0 amide bonds. The van der Waals surface area contributed by atoms with Gasteiger partial charge < -0.3 is 0 Å². The van der Waals surface area contributed by atoms with Crippen molar-refractivity contribution in [2.75, 3.05) is 0 Å². The highest BCUT2D eigenvalue weighted by Crippen LogP contribution is 2.08. The van der Waals surface area contributed by atoms with Crippen LogP contribution in [0.2, 0.25) is 0 Å². The van der Waals surface area contributed by atoms with Crippen molar-refractivity contribution in [3.8, 4) is 0 Å². The molecule has 0 aliphatic rings. The molecule has 13 heavy (non-hydrogen) atoms. The summed E-state index contributed by atoms with van der Waals surface area (Å²) in [4.78, 5) is 9.76. The van der Waals surface area contributed by atoms with Crippen LogP contribution in [0, 0.1) is 10.1 Å². The van der Waals surface area contributed by atoms with Gasteiger partial charge in [0, 0.05) is 22.0 Å². The molecule has 0 unspecified atom stereocenters. The van der Waals surface area contributed by atoms with Gasteiger partial charge >= 0.3 is 4.61 Å². The van der Waals surface area contributed by atoms with Gasteiger partial charge in [0.1, 0.15) is 0 Å². The number of rotatable bonds is 3. The summed E-state index contributed by atoms with van der Waals surface area (Å²) in [5, 5.41) is 10.2. The summed E-state index contributed by atoms with van der Waals surface area (Å²) in [5.41, 5.74) is 1.06. The molecule has 0 fully saturated rings. The number of allylic oxidation sites excluding steroid dienone is 1. The lowest BCUT2D eigenvalue weighted by Crippen LogP contribution is -1.91. The van der Waals surface area contributed by atoms with Crippen LogP contribution in [0.5, 0.6) is 0 Å². The first kappa shape index (κ1) is 9.92. The molecule has 1 aromatic rings. The van der Waals surface area contributed by atoms with Crippen molar-refractivity contribution >= 4 is 15.9 Å². The number of hydrogen-bond acceptors (Lipinski definition) is 2. The first-order chi connectivity index (χ1) is 6.20. The molecular formula is C9H8BrNO2. The molecule has 0 aliphatic heterocycles. The second-order valence-electron chi connectivity index (χ2n) is 2.47. The fraction of sp³-hybridized carbons (Fsp3) is 0.111. The van der Waals surface area contributed by atoms with E-state index < -0.39 is 4.92 Å². The molecule has 1 rings (SSSR count). The van der Waals surface area contributed by atoms with Crippen LogP contribution in [0.1, 0.15) is 5.56 Å². The van der Waals surface area contributed by atoms with E-state index in [4.69, 9.17) is 0 Å². The maximum atomic E-state index is 10.2. The van der Waals surface area contributed by atoms with E-state index in [2.05, 4.69) is 15.9 Å². The van der Waals surface area contributed by atoms with Crippen LogP contribution in [0.4, 0.5) is 0 Å². The Balaban J connectivity index is 2.62. The number of nitrogens with zero attached hydrogens (tertiary/aromatic N) is 1. The SMILES string of the molecule is O=[N+]([O-])C(Br)=CCc1ccccc1. The zero-order chi connectivity index (χ0) is 9.68. The van der Waals surface area contributed by atoms with Crippen molar-refractivity contribution in [3.05, 3.63) is 56.7 Å². The molecule has 0 N–H and O–H groups in total. The summed E-state index contributed by atoms with van der Waals surface area (Å²) in [6.45, 7) is 0. The van der Waals surface area contributed by atoms with Crippen molar-refractivity contribution in [2.45, 2.75) is 6.42 Å². The van der Waals surface area contributed by atoms with Gasteiger partial charge in [-0.05, 0) is 12.0 Å². The van der Waals surface area contributed by atoms with E-state index in [1.54, 1.807) is 0 Å². The second kappa shape index (κ2) is 4.77. The highest BCUT2D eigenvalue weighted by atomic mass is 79.9.